The second-order valence-electron chi connectivity index (χ2n) is 7.72. The van der Waals surface area contributed by atoms with E-state index in [1.165, 1.54) is 6.42 Å². The monoisotopic (exact) mass is 380 g/mol. The second kappa shape index (κ2) is 10.4. The van der Waals surface area contributed by atoms with Crippen molar-refractivity contribution in [2.45, 2.75) is 38.7 Å². The van der Waals surface area contributed by atoms with Crippen LogP contribution >= 0.6 is 0 Å². The van der Waals surface area contributed by atoms with Gasteiger partial charge in [-0.2, -0.15) is 0 Å². The van der Waals surface area contributed by atoms with Crippen molar-refractivity contribution in [2.24, 2.45) is 5.92 Å². The maximum atomic E-state index is 12.4. The van der Waals surface area contributed by atoms with E-state index >= 15 is 0 Å². The maximum absolute atomic E-state index is 12.4. The zero-order valence-electron chi connectivity index (χ0n) is 16.8. The Morgan fingerprint density at radius 1 is 1.14 bits per heavy atom. The van der Waals surface area contributed by atoms with Crippen molar-refractivity contribution in [1.82, 2.24) is 4.90 Å². The van der Waals surface area contributed by atoms with Gasteiger partial charge < -0.3 is 14.9 Å². The fourth-order valence-corrected chi connectivity index (χ4v) is 4.09. The molecule has 2 atom stereocenters. The minimum absolute atomic E-state index is 0.179. The molecule has 4 heteroatoms. The molecule has 1 amide bonds. The highest BCUT2D eigenvalue weighted by Gasteiger charge is 2.24. The quantitative estimate of drug-likeness (QED) is 0.744. The zero-order valence-corrected chi connectivity index (χ0v) is 16.8. The van der Waals surface area contributed by atoms with Gasteiger partial charge in [0.15, 0.2) is 0 Å². The standard InChI is InChI=1S/C24H32N2O2/c1-2-24(28)26(22-13-7-4-8-14-22)17-15-20-10-9-16-25(18-20)19-23(27)21-11-5-3-6-12-21/h3-8,11-14,20,23,27H,2,9-10,15-19H2,1H3. The van der Waals surface area contributed by atoms with E-state index in [0.717, 1.165) is 43.7 Å². The Hall–Kier alpha value is -2.17. The number of amides is 1. The summed E-state index contributed by atoms with van der Waals surface area (Å²) in [6.07, 6.45) is 3.43. The number of hydrogen-bond acceptors (Lipinski definition) is 3. The van der Waals surface area contributed by atoms with Crippen molar-refractivity contribution in [2.75, 3.05) is 31.1 Å². The van der Waals surface area contributed by atoms with Gasteiger partial charge >= 0.3 is 0 Å². The molecule has 1 fully saturated rings. The van der Waals surface area contributed by atoms with Crippen molar-refractivity contribution >= 4 is 11.6 Å². The average Bonchev–Trinajstić information content (AvgIpc) is 2.75. The van der Waals surface area contributed by atoms with Crippen LogP contribution in [0.4, 0.5) is 5.69 Å². The highest BCUT2D eigenvalue weighted by atomic mass is 16.3. The fourth-order valence-electron chi connectivity index (χ4n) is 4.09. The number of aliphatic hydroxyl groups is 1. The van der Waals surface area contributed by atoms with Crippen molar-refractivity contribution in [3.8, 4) is 0 Å². The number of rotatable bonds is 8. The summed E-state index contributed by atoms with van der Waals surface area (Å²) in [5, 5.41) is 10.5. The zero-order chi connectivity index (χ0) is 19.8. The molecule has 0 radical (unpaired) electrons. The van der Waals surface area contributed by atoms with E-state index in [2.05, 4.69) is 4.90 Å². The molecule has 2 aromatic carbocycles. The molecule has 1 heterocycles. The van der Waals surface area contributed by atoms with Gasteiger partial charge in [0.05, 0.1) is 6.10 Å². The molecule has 1 aliphatic rings. The Bertz CT molecular complexity index is 720. The Morgan fingerprint density at radius 3 is 2.50 bits per heavy atom. The third kappa shape index (κ3) is 5.66. The van der Waals surface area contributed by atoms with Crippen LogP contribution in [-0.2, 0) is 4.79 Å². The lowest BCUT2D eigenvalue weighted by Crippen LogP contribution is -2.40. The fraction of sp³-hybridized carbons (Fsp3) is 0.458. The number of hydrogen-bond donors (Lipinski definition) is 1. The Balaban J connectivity index is 1.54. The molecule has 3 rings (SSSR count). The topological polar surface area (TPSA) is 43.8 Å². The Labute approximate surface area is 168 Å². The number of para-hydroxylation sites is 1. The van der Waals surface area contributed by atoms with Crippen molar-refractivity contribution in [3.05, 3.63) is 66.2 Å². The SMILES string of the molecule is CCC(=O)N(CCC1CCCN(CC(O)c2ccccc2)C1)c1ccccc1. The Morgan fingerprint density at radius 2 is 1.82 bits per heavy atom. The van der Waals surface area contributed by atoms with Crippen LogP contribution in [0.3, 0.4) is 0 Å². The number of piperidine rings is 1. The molecule has 0 spiro atoms. The number of nitrogens with zero attached hydrogens (tertiary/aromatic N) is 2. The van der Waals surface area contributed by atoms with Crippen LogP contribution in [0, 0.1) is 5.92 Å². The number of β-amino-alcohol motifs (C(OH)–C–C–N with tert-alkyl or cyclic N) is 1. The highest BCUT2D eigenvalue weighted by Crippen LogP contribution is 2.24. The van der Waals surface area contributed by atoms with E-state index in [9.17, 15) is 9.90 Å². The lowest BCUT2D eigenvalue weighted by molar-refractivity contribution is -0.118. The first-order valence-electron chi connectivity index (χ1n) is 10.5. The molecule has 2 unspecified atom stereocenters. The third-order valence-corrected chi connectivity index (χ3v) is 5.65. The van der Waals surface area contributed by atoms with Crippen LogP contribution < -0.4 is 4.90 Å². The molecule has 0 saturated carbocycles. The first-order chi connectivity index (χ1) is 13.7. The van der Waals surface area contributed by atoms with Gasteiger partial charge in [0.25, 0.3) is 0 Å². The molecule has 150 valence electrons. The molecule has 0 aliphatic carbocycles. The predicted molar refractivity (Wildman–Crippen MR) is 114 cm³/mol. The summed E-state index contributed by atoms with van der Waals surface area (Å²) in [6, 6.07) is 19.9. The molecule has 2 aromatic rings. The second-order valence-corrected chi connectivity index (χ2v) is 7.72. The van der Waals surface area contributed by atoms with E-state index in [0.29, 0.717) is 18.9 Å². The molecule has 1 aliphatic heterocycles. The summed E-state index contributed by atoms with van der Waals surface area (Å²) in [5.74, 6) is 0.742. The normalized spacial score (nSPS) is 18.6. The largest absolute Gasteiger partial charge is 0.387 e. The van der Waals surface area contributed by atoms with Crippen LogP contribution in [0.1, 0.15) is 44.3 Å². The van der Waals surface area contributed by atoms with E-state index < -0.39 is 6.10 Å². The number of benzene rings is 2. The first kappa shape index (κ1) is 20.6. The van der Waals surface area contributed by atoms with Crippen molar-refractivity contribution in [1.29, 1.82) is 0 Å². The van der Waals surface area contributed by atoms with Crippen LogP contribution in [-0.4, -0.2) is 42.1 Å². The number of anilines is 1. The van der Waals surface area contributed by atoms with Gasteiger partial charge in [-0.15, -0.1) is 0 Å². The van der Waals surface area contributed by atoms with Gasteiger partial charge in [-0.3, -0.25) is 4.79 Å². The highest BCUT2D eigenvalue weighted by molar-refractivity contribution is 5.93. The molecule has 4 nitrogen and oxygen atoms in total. The van der Waals surface area contributed by atoms with Crippen LogP contribution in [0.2, 0.25) is 0 Å². The number of aliphatic hydroxyl groups excluding tert-OH is 1. The number of carbonyl (C=O) groups excluding carboxylic acids is 1. The third-order valence-electron chi connectivity index (χ3n) is 5.65. The molecule has 28 heavy (non-hydrogen) atoms. The number of carbonyl (C=O) groups is 1. The van der Waals surface area contributed by atoms with Gasteiger partial charge in [0, 0.05) is 31.7 Å². The van der Waals surface area contributed by atoms with E-state index in [1.807, 2.05) is 72.5 Å². The lowest BCUT2D eigenvalue weighted by Gasteiger charge is -2.35. The summed E-state index contributed by atoms with van der Waals surface area (Å²) in [5.41, 5.74) is 1.97. The average molecular weight is 381 g/mol. The minimum Gasteiger partial charge on any atom is -0.387 e. The van der Waals surface area contributed by atoms with Crippen LogP contribution in [0.15, 0.2) is 60.7 Å². The van der Waals surface area contributed by atoms with Gasteiger partial charge in [0.1, 0.15) is 0 Å². The molecular weight excluding hydrogens is 348 g/mol. The Kier molecular flexibility index (Phi) is 7.63. The van der Waals surface area contributed by atoms with Crippen LogP contribution in [0.5, 0.6) is 0 Å². The molecular formula is C24H32N2O2. The first-order valence-corrected chi connectivity index (χ1v) is 10.5. The minimum atomic E-state index is -0.442. The van der Waals surface area contributed by atoms with Crippen molar-refractivity contribution in [3.63, 3.8) is 0 Å². The number of likely N-dealkylation sites (tertiary alicyclic amines) is 1. The van der Waals surface area contributed by atoms with E-state index in [1.54, 1.807) is 0 Å². The molecule has 0 aromatic heterocycles. The summed E-state index contributed by atoms with van der Waals surface area (Å²) >= 11 is 0. The van der Waals surface area contributed by atoms with E-state index in [4.69, 9.17) is 0 Å². The van der Waals surface area contributed by atoms with Gasteiger partial charge in [-0.05, 0) is 49.4 Å². The van der Waals surface area contributed by atoms with E-state index in [-0.39, 0.29) is 5.91 Å². The summed E-state index contributed by atoms with van der Waals surface area (Å²) < 4.78 is 0. The lowest BCUT2D eigenvalue weighted by atomic mass is 9.94. The van der Waals surface area contributed by atoms with Crippen molar-refractivity contribution < 1.29 is 9.90 Å². The van der Waals surface area contributed by atoms with Gasteiger partial charge in [-0.1, -0.05) is 55.5 Å². The predicted octanol–water partition coefficient (Wildman–Crippen LogP) is 4.27. The summed E-state index contributed by atoms with van der Waals surface area (Å²) in [6.45, 7) is 5.39. The maximum Gasteiger partial charge on any atom is 0.226 e. The molecule has 1 saturated heterocycles. The summed E-state index contributed by atoms with van der Waals surface area (Å²) in [4.78, 5) is 16.7. The van der Waals surface area contributed by atoms with Gasteiger partial charge in [-0.25, -0.2) is 0 Å². The molecule has 1 N–H and O–H groups in total. The van der Waals surface area contributed by atoms with Gasteiger partial charge in [0.2, 0.25) is 5.91 Å². The smallest absolute Gasteiger partial charge is 0.226 e. The van der Waals surface area contributed by atoms with Crippen LogP contribution in [0.25, 0.3) is 0 Å². The molecule has 0 bridgehead atoms. The summed E-state index contributed by atoms with van der Waals surface area (Å²) in [7, 11) is 0.